The van der Waals surface area contributed by atoms with Crippen molar-refractivity contribution in [2.45, 2.75) is 45.1 Å². The first-order valence-electron chi connectivity index (χ1n) is 9.70. The van der Waals surface area contributed by atoms with E-state index in [1.165, 1.54) is 11.1 Å². The standard InChI is InChI=1S/C23H27IN2O2/c1-23(2,3)17-12-10-16(11-13-17)20-9-6-14-26(20)21(27)15-25-22(28)18-7-4-5-8-19(18)24/h4-5,7-8,10-13,20H,6,9,14-15H2,1-3H3,(H,25,28). The lowest BCUT2D eigenvalue weighted by molar-refractivity contribution is -0.131. The number of hydrogen-bond acceptors (Lipinski definition) is 2. The second-order valence-corrected chi connectivity index (χ2v) is 9.44. The number of likely N-dealkylation sites (tertiary alicyclic amines) is 1. The van der Waals surface area contributed by atoms with Crippen LogP contribution in [0.2, 0.25) is 0 Å². The van der Waals surface area contributed by atoms with Gasteiger partial charge in [-0.05, 0) is 64.1 Å². The molecule has 0 saturated carbocycles. The molecule has 0 aromatic heterocycles. The van der Waals surface area contributed by atoms with Crippen molar-refractivity contribution in [2.24, 2.45) is 0 Å². The molecule has 0 aliphatic carbocycles. The third-order valence-electron chi connectivity index (χ3n) is 5.25. The van der Waals surface area contributed by atoms with Crippen molar-refractivity contribution in [1.29, 1.82) is 0 Å². The lowest BCUT2D eigenvalue weighted by Crippen LogP contribution is -2.40. The Balaban J connectivity index is 1.65. The van der Waals surface area contributed by atoms with Crippen molar-refractivity contribution >= 4 is 34.4 Å². The highest BCUT2D eigenvalue weighted by Crippen LogP contribution is 2.33. The molecule has 1 aliphatic rings. The molecule has 2 aromatic carbocycles. The van der Waals surface area contributed by atoms with Crippen molar-refractivity contribution in [2.75, 3.05) is 13.1 Å². The van der Waals surface area contributed by atoms with Gasteiger partial charge in [0, 0.05) is 10.1 Å². The van der Waals surface area contributed by atoms with Gasteiger partial charge in [0.05, 0.1) is 18.2 Å². The molecule has 5 heteroatoms. The molecule has 1 atom stereocenters. The minimum Gasteiger partial charge on any atom is -0.343 e. The number of rotatable bonds is 4. The van der Waals surface area contributed by atoms with Gasteiger partial charge >= 0.3 is 0 Å². The summed E-state index contributed by atoms with van der Waals surface area (Å²) in [6, 6.07) is 16.1. The number of carbonyl (C=O) groups excluding carboxylic acids is 2. The highest BCUT2D eigenvalue weighted by molar-refractivity contribution is 14.1. The van der Waals surface area contributed by atoms with Gasteiger partial charge < -0.3 is 10.2 Å². The molecule has 0 spiro atoms. The second-order valence-electron chi connectivity index (χ2n) is 8.28. The average Bonchev–Trinajstić information content (AvgIpc) is 3.15. The number of halogens is 1. The first kappa shape index (κ1) is 20.8. The fourth-order valence-electron chi connectivity index (χ4n) is 3.62. The van der Waals surface area contributed by atoms with Crippen LogP contribution in [0, 0.1) is 3.57 Å². The summed E-state index contributed by atoms with van der Waals surface area (Å²) >= 11 is 2.13. The Bertz CT molecular complexity index is 856. The average molecular weight is 490 g/mol. The third kappa shape index (κ3) is 4.74. The summed E-state index contributed by atoms with van der Waals surface area (Å²) in [7, 11) is 0. The quantitative estimate of drug-likeness (QED) is 0.633. The topological polar surface area (TPSA) is 49.4 Å². The Kier molecular flexibility index (Phi) is 6.43. The maximum Gasteiger partial charge on any atom is 0.252 e. The summed E-state index contributed by atoms with van der Waals surface area (Å²) in [5, 5.41) is 2.78. The van der Waals surface area contributed by atoms with Gasteiger partial charge in [-0.15, -0.1) is 0 Å². The van der Waals surface area contributed by atoms with Gasteiger partial charge in [-0.3, -0.25) is 9.59 Å². The summed E-state index contributed by atoms with van der Waals surface area (Å²) in [6.07, 6.45) is 1.95. The van der Waals surface area contributed by atoms with Crippen molar-refractivity contribution in [3.63, 3.8) is 0 Å². The molecule has 1 unspecified atom stereocenters. The largest absolute Gasteiger partial charge is 0.343 e. The van der Waals surface area contributed by atoms with Gasteiger partial charge in [-0.2, -0.15) is 0 Å². The zero-order valence-electron chi connectivity index (χ0n) is 16.7. The Labute approximate surface area is 180 Å². The van der Waals surface area contributed by atoms with Crippen molar-refractivity contribution in [3.8, 4) is 0 Å². The number of carbonyl (C=O) groups is 2. The Hall–Kier alpha value is -1.89. The molecule has 1 heterocycles. The fourth-order valence-corrected chi connectivity index (χ4v) is 4.25. The van der Waals surface area contributed by atoms with Gasteiger partial charge in [0.25, 0.3) is 5.91 Å². The van der Waals surface area contributed by atoms with E-state index in [4.69, 9.17) is 0 Å². The van der Waals surface area contributed by atoms with E-state index in [0.29, 0.717) is 5.56 Å². The van der Waals surface area contributed by atoms with Crippen LogP contribution in [0.15, 0.2) is 48.5 Å². The Morgan fingerprint density at radius 1 is 1.11 bits per heavy atom. The van der Waals surface area contributed by atoms with Crippen LogP contribution in [-0.2, 0) is 10.2 Å². The SMILES string of the molecule is CC(C)(C)c1ccc(C2CCCN2C(=O)CNC(=O)c2ccccc2I)cc1. The first-order chi connectivity index (χ1) is 13.3. The zero-order valence-corrected chi connectivity index (χ0v) is 18.8. The molecule has 3 rings (SSSR count). The third-order valence-corrected chi connectivity index (χ3v) is 6.19. The Morgan fingerprint density at radius 3 is 2.43 bits per heavy atom. The Morgan fingerprint density at radius 2 is 1.79 bits per heavy atom. The molecule has 1 fully saturated rings. The highest BCUT2D eigenvalue weighted by atomic mass is 127. The maximum absolute atomic E-state index is 12.8. The van der Waals surface area contributed by atoms with Crippen LogP contribution in [-0.4, -0.2) is 29.8 Å². The molecular weight excluding hydrogens is 463 g/mol. The maximum atomic E-state index is 12.8. The lowest BCUT2D eigenvalue weighted by Gasteiger charge is -2.26. The van der Waals surface area contributed by atoms with E-state index in [2.05, 4.69) is 72.9 Å². The summed E-state index contributed by atoms with van der Waals surface area (Å²) in [5.41, 5.74) is 3.18. The van der Waals surface area contributed by atoms with E-state index in [1.54, 1.807) is 6.07 Å². The molecule has 1 N–H and O–H groups in total. The van der Waals surface area contributed by atoms with Crippen LogP contribution in [0.4, 0.5) is 0 Å². The summed E-state index contributed by atoms with van der Waals surface area (Å²) in [6.45, 7) is 7.36. The number of benzene rings is 2. The predicted octanol–water partition coefficient (Wildman–Crippen LogP) is 4.68. The van der Waals surface area contributed by atoms with E-state index >= 15 is 0 Å². The second kappa shape index (κ2) is 8.64. The molecule has 1 saturated heterocycles. The molecule has 2 aromatic rings. The number of hydrogen-bond donors (Lipinski definition) is 1. The number of nitrogens with zero attached hydrogens (tertiary/aromatic N) is 1. The van der Waals surface area contributed by atoms with E-state index in [1.807, 2.05) is 23.1 Å². The van der Waals surface area contributed by atoms with Gasteiger partial charge in [-0.25, -0.2) is 0 Å². The molecule has 0 bridgehead atoms. The van der Waals surface area contributed by atoms with E-state index < -0.39 is 0 Å². The zero-order chi connectivity index (χ0) is 20.3. The first-order valence-corrected chi connectivity index (χ1v) is 10.8. The summed E-state index contributed by atoms with van der Waals surface area (Å²) in [4.78, 5) is 27.1. The van der Waals surface area contributed by atoms with E-state index in [0.717, 1.165) is 23.0 Å². The molecule has 0 radical (unpaired) electrons. The minimum absolute atomic E-state index is 0.0262. The van der Waals surface area contributed by atoms with Crippen LogP contribution in [0.25, 0.3) is 0 Å². The minimum atomic E-state index is -0.205. The summed E-state index contributed by atoms with van der Waals surface area (Å²) in [5.74, 6) is -0.231. The van der Waals surface area contributed by atoms with Crippen LogP contribution < -0.4 is 5.32 Å². The van der Waals surface area contributed by atoms with E-state index in [-0.39, 0.29) is 29.8 Å². The predicted molar refractivity (Wildman–Crippen MR) is 120 cm³/mol. The van der Waals surface area contributed by atoms with E-state index in [9.17, 15) is 9.59 Å². The van der Waals surface area contributed by atoms with Gasteiger partial charge in [0.1, 0.15) is 0 Å². The molecular formula is C23H27IN2O2. The molecule has 28 heavy (non-hydrogen) atoms. The van der Waals surface area contributed by atoms with Crippen molar-refractivity contribution in [3.05, 3.63) is 68.8 Å². The number of nitrogens with one attached hydrogen (secondary N) is 1. The van der Waals surface area contributed by atoms with Crippen molar-refractivity contribution in [1.82, 2.24) is 10.2 Å². The molecule has 148 valence electrons. The van der Waals surface area contributed by atoms with Crippen LogP contribution in [0.5, 0.6) is 0 Å². The monoisotopic (exact) mass is 490 g/mol. The lowest BCUT2D eigenvalue weighted by atomic mass is 9.86. The smallest absolute Gasteiger partial charge is 0.252 e. The molecule has 2 amide bonds. The van der Waals surface area contributed by atoms with Gasteiger partial charge in [0.2, 0.25) is 5.91 Å². The van der Waals surface area contributed by atoms with Crippen LogP contribution >= 0.6 is 22.6 Å². The van der Waals surface area contributed by atoms with Crippen LogP contribution in [0.1, 0.15) is 61.1 Å². The molecule has 4 nitrogen and oxygen atoms in total. The van der Waals surface area contributed by atoms with Gasteiger partial charge in [0.15, 0.2) is 0 Å². The van der Waals surface area contributed by atoms with Crippen LogP contribution in [0.3, 0.4) is 0 Å². The fraction of sp³-hybridized carbons (Fsp3) is 0.391. The van der Waals surface area contributed by atoms with Crippen molar-refractivity contribution < 1.29 is 9.59 Å². The highest BCUT2D eigenvalue weighted by Gasteiger charge is 2.30. The summed E-state index contributed by atoms with van der Waals surface area (Å²) < 4.78 is 0.878. The molecule has 1 aliphatic heterocycles. The normalized spacial score (nSPS) is 16.9. The van der Waals surface area contributed by atoms with Gasteiger partial charge in [-0.1, -0.05) is 57.2 Å². The number of amides is 2.